The summed E-state index contributed by atoms with van der Waals surface area (Å²) in [7, 11) is 0. The number of aromatic nitrogens is 4. The van der Waals surface area contributed by atoms with Crippen molar-refractivity contribution < 1.29 is 18.0 Å². The molecular weight excluding hydrogens is 409 g/mol. The normalized spacial score (nSPS) is 13.9. The van der Waals surface area contributed by atoms with Crippen LogP contribution in [0.1, 0.15) is 20.3 Å². The summed E-state index contributed by atoms with van der Waals surface area (Å²) < 4.78 is 37.3. The monoisotopic (exact) mass is 426 g/mol. The van der Waals surface area contributed by atoms with Crippen LogP contribution in [-0.4, -0.2) is 44.1 Å². The Kier molecular flexibility index (Phi) is 5.65. The topological polar surface area (TPSA) is 95.6 Å². The number of nitrogens with one attached hydrogen (secondary N) is 3. The molecule has 0 saturated heterocycles. The van der Waals surface area contributed by atoms with Crippen LogP contribution in [0.25, 0.3) is 22.4 Å². The minimum absolute atomic E-state index is 0.239. The Bertz CT molecular complexity index is 1040. The predicted molar refractivity (Wildman–Crippen MR) is 104 cm³/mol. The maximum Gasteiger partial charge on any atom is 0.405 e. The summed E-state index contributed by atoms with van der Waals surface area (Å²) in [6.07, 6.45) is 0.433. The Morgan fingerprint density at radius 3 is 2.76 bits per heavy atom. The molecular formula is C18H18ClF3N6O. The molecule has 154 valence electrons. The van der Waals surface area contributed by atoms with Crippen LogP contribution < -0.4 is 10.6 Å². The first-order chi connectivity index (χ1) is 13.6. The minimum atomic E-state index is -4.49. The van der Waals surface area contributed by atoms with Crippen molar-refractivity contribution in [3.05, 3.63) is 35.7 Å². The second kappa shape index (κ2) is 7.86. The molecule has 0 saturated carbocycles. The smallest absolute Gasteiger partial charge is 0.356 e. The number of fused-ring (bicyclic) bond motifs is 1. The van der Waals surface area contributed by atoms with Gasteiger partial charge in [-0.2, -0.15) is 13.2 Å². The van der Waals surface area contributed by atoms with Crippen molar-refractivity contribution >= 4 is 34.4 Å². The molecule has 7 nitrogen and oxygen atoms in total. The van der Waals surface area contributed by atoms with Gasteiger partial charge < -0.3 is 15.6 Å². The zero-order chi connectivity index (χ0) is 21.2. The fraction of sp³-hybridized carbons (Fsp3) is 0.333. The molecule has 3 aromatic heterocycles. The molecule has 0 aromatic carbocycles. The molecule has 0 aliphatic carbocycles. The summed E-state index contributed by atoms with van der Waals surface area (Å²) in [6, 6.07) is 3.26. The summed E-state index contributed by atoms with van der Waals surface area (Å²) in [6.45, 7) is 1.80. The number of amides is 1. The molecule has 0 bridgehead atoms. The molecule has 11 heteroatoms. The highest BCUT2D eigenvalue weighted by Gasteiger charge is 2.35. The van der Waals surface area contributed by atoms with E-state index in [1.54, 1.807) is 19.2 Å². The molecule has 1 amide bonds. The van der Waals surface area contributed by atoms with Gasteiger partial charge in [-0.3, -0.25) is 4.79 Å². The van der Waals surface area contributed by atoms with E-state index in [0.717, 1.165) is 5.39 Å². The Hall–Kier alpha value is -2.88. The zero-order valence-electron chi connectivity index (χ0n) is 15.6. The Balaban J connectivity index is 1.86. The third kappa shape index (κ3) is 4.76. The third-order valence-corrected chi connectivity index (χ3v) is 4.66. The number of aromatic amines is 1. The maximum absolute atomic E-state index is 12.4. The van der Waals surface area contributed by atoms with Crippen LogP contribution in [0.2, 0.25) is 5.02 Å². The van der Waals surface area contributed by atoms with Crippen LogP contribution >= 0.6 is 11.6 Å². The van der Waals surface area contributed by atoms with Crippen LogP contribution in [0.4, 0.5) is 19.0 Å². The second-order valence-corrected chi connectivity index (χ2v) is 7.06. The molecule has 3 heterocycles. The largest absolute Gasteiger partial charge is 0.405 e. The van der Waals surface area contributed by atoms with E-state index >= 15 is 0 Å². The molecule has 3 N–H and O–H groups in total. The van der Waals surface area contributed by atoms with E-state index in [1.807, 2.05) is 5.32 Å². The molecule has 1 atom stereocenters. The van der Waals surface area contributed by atoms with Crippen molar-refractivity contribution in [3.8, 4) is 11.4 Å². The Labute approximate surface area is 169 Å². The van der Waals surface area contributed by atoms with Gasteiger partial charge >= 0.3 is 6.18 Å². The number of hydrogen-bond acceptors (Lipinski definition) is 5. The Morgan fingerprint density at radius 1 is 1.31 bits per heavy atom. The van der Waals surface area contributed by atoms with Gasteiger partial charge in [0.25, 0.3) is 0 Å². The van der Waals surface area contributed by atoms with E-state index in [1.165, 1.54) is 25.4 Å². The third-order valence-electron chi connectivity index (χ3n) is 4.46. The van der Waals surface area contributed by atoms with Gasteiger partial charge in [-0.15, -0.1) is 0 Å². The average molecular weight is 427 g/mol. The van der Waals surface area contributed by atoms with Crippen molar-refractivity contribution in [2.75, 3.05) is 11.9 Å². The number of hydrogen-bond donors (Lipinski definition) is 3. The first-order valence-electron chi connectivity index (χ1n) is 8.70. The Morgan fingerprint density at radius 2 is 2.07 bits per heavy atom. The molecule has 0 aliphatic rings. The van der Waals surface area contributed by atoms with Crippen LogP contribution in [0, 0.1) is 0 Å². The van der Waals surface area contributed by atoms with E-state index in [4.69, 9.17) is 11.6 Å². The van der Waals surface area contributed by atoms with Crippen LogP contribution in [0.3, 0.4) is 0 Å². The number of pyridine rings is 1. The average Bonchev–Trinajstić information content (AvgIpc) is 3.08. The lowest BCUT2D eigenvalue weighted by molar-refractivity contribution is -0.140. The van der Waals surface area contributed by atoms with Crippen molar-refractivity contribution in [1.82, 2.24) is 25.3 Å². The fourth-order valence-electron chi connectivity index (χ4n) is 2.68. The van der Waals surface area contributed by atoms with E-state index < -0.39 is 24.2 Å². The number of H-pyrrole nitrogens is 1. The van der Waals surface area contributed by atoms with Crippen molar-refractivity contribution in [1.29, 1.82) is 0 Å². The van der Waals surface area contributed by atoms with Crippen molar-refractivity contribution in [2.24, 2.45) is 0 Å². The SMILES string of the molecule is CC[C@](C)(Nc1ccnc(-c2c[nH]c3ncc(Cl)cc23)n1)C(=O)NCC(F)(F)F. The van der Waals surface area contributed by atoms with E-state index in [0.29, 0.717) is 27.9 Å². The van der Waals surface area contributed by atoms with Gasteiger partial charge in [0.15, 0.2) is 5.82 Å². The van der Waals surface area contributed by atoms with Gasteiger partial charge in [-0.05, 0) is 25.5 Å². The molecule has 29 heavy (non-hydrogen) atoms. The molecule has 3 aromatic rings. The number of halogens is 4. The number of alkyl halides is 3. The molecule has 0 fully saturated rings. The van der Waals surface area contributed by atoms with E-state index in [9.17, 15) is 18.0 Å². The number of rotatable bonds is 6. The summed E-state index contributed by atoms with van der Waals surface area (Å²) in [5.74, 6) is -0.133. The summed E-state index contributed by atoms with van der Waals surface area (Å²) in [5.41, 5.74) is -0.0308. The molecule has 0 aliphatic heterocycles. The second-order valence-electron chi connectivity index (χ2n) is 6.63. The number of nitrogens with zero attached hydrogens (tertiary/aromatic N) is 3. The van der Waals surface area contributed by atoms with Gasteiger partial charge in [-0.1, -0.05) is 18.5 Å². The highest BCUT2D eigenvalue weighted by Crippen LogP contribution is 2.28. The predicted octanol–water partition coefficient (Wildman–Crippen LogP) is 3.93. The number of carbonyl (C=O) groups is 1. The van der Waals surface area contributed by atoms with Crippen LogP contribution in [-0.2, 0) is 4.79 Å². The highest BCUT2D eigenvalue weighted by atomic mass is 35.5. The zero-order valence-corrected chi connectivity index (χ0v) is 16.3. The standard InChI is InChI=1S/C18H18ClF3N6O/c1-3-17(2,16(29)26-9-18(20,21)22)28-13-4-5-23-15(27-13)12-8-25-14-11(12)6-10(19)7-24-14/h4-8H,3,9H2,1-2H3,(H,24,25)(H,26,29)(H,23,27,28)/t17-/m0/s1. The van der Waals surface area contributed by atoms with Crippen LogP contribution in [0.5, 0.6) is 0 Å². The maximum atomic E-state index is 12.4. The van der Waals surface area contributed by atoms with Gasteiger partial charge in [0.05, 0.1) is 5.02 Å². The summed E-state index contributed by atoms with van der Waals surface area (Å²) >= 11 is 6.01. The first kappa shape index (κ1) is 20.8. The van der Waals surface area contributed by atoms with E-state index in [2.05, 4.69) is 25.3 Å². The number of carbonyl (C=O) groups excluding carboxylic acids is 1. The van der Waals surface area contributed by atoms with Crippen LogP contribution in [0.15, 0.2) is 30.7 Å². The lowest BCUT2D eigenvalue weighted by Crippen LogP contribution is -2.52. The quantitative estimate of drug-likeness (QED) is 0.555. The minimum Gasteiger partial charge on any atom is -0.356 e. The summed E-state index contributed by atoms with van der Waals surface area (Å²) in [5, 5.41) is 6.00. The van der Waals surface area contributed by atoms with Gasteiger partial charge in [0, 0.05) is 29.5 Å². The lowest BCUT2D eigenvalue weighted by atomic mass is 9.97. The van der Waals surface area contributed by atoms with Gasteiger partial charge in [0.2, 0.25) is 5.91 Å². The molecule has 3 rings (SSSR count). The molecule has 0 unspecified atom stereocenters. The lowest BCUT2D eigenvalue weighted by Gasteiger charge is -2.29. The van der Waals surface area contributed by atoms with E-state index in [-0.39, 0.29) is 6.42 Å². The van der Waals surface area contributed by atoms with Crippen molar-refractivity contribution in [3.63, 3.8) is 0 Å². The first-order valence-corrected chi connectivity index (χ1v) is 9.08. The van der Waals surface area contributed by atoms with Crippen molar-refractivity contribution in [2.45, 2.75) is 32.0 Å². The van der Waals surface area contributed by atoms with Gasteiger partial charge in [0.1, 0.15) is 23.5 Å². The highest BCUT2D eigenvalue weighted by molar-refractivity contribution is 6.31. The number of anilines is 1. The molecule has 0 radical (unpaired) electrons. The summed E-state index contributed by atoms with van der Waals surface area (Å²) in [4.78, 5) is 28.2. The molecule has 0 spiro atoms. The fourth-order valence-corrected chi connectivity index (χ4v) is 2.84. The van der Waals surface area contributed by atoms with Gasteiger partial charge in [-0.25, -0.2) is 15.0 Å².